The molecule has 0 aliphatic carbocycles. The van der Waals surface area contributed by atoms with E-state index in [4.69, 9.17) is 9.94 Å². The molecule has 0 bridgehead atoms. The Kier molecular flexibility index (Phi) is 6.97. The van der Waals surface area contributed by atoms with Crippen molar-refractivity contribution in [3.05, 3.63) is 29.8 Å². The fourth-order valence-electron chi connectivity index (χ4n) is 1.87. The summed E-state index contributed by atoms with van der Waals surface area (Å²) in [6.45, 7) is 10.1. The van der Waals surface area contributed by atoms with Crippen molar-refractivity contribution in [2.24, 2.45) is 5.16 Å². The molecule has 0 heterocycles. The van der Waals surface area contributed by atoms with E-state index in [1.54, 1.807) is 6.92 Å². The summed E-state index contributed by atoms with van der Waals surface area (Å²) in [6, 6.07) is 7.60. The van der Waals surface area contributed by atoms with E-state index in [1.165, 1.54) is 0 Å². The summed E-state index contributed by atoms with van der Waals surface area (Å²) in [5, 5.41) is 11.9. The molecule has 0 radical (unpaired) electrons. The van der Waals surface area contributed by atoms with Gasteiger partial charge < -0.3 is 14.8 Å². The number of hydrogen-bond donors (Lipinski definition) is 1. The molecule has 0 atom stereocenters. The second kappa shape index (κ2) is 8.53. The number of benzene rings is 1. The fraction of sp³-hybridized carbons (Fsp3) is 0.533. The largest absolute Gasteiger partial charge is 0.494 e. The second-order valence-electron chi connectivity index (χ2n) is 4.44. The van der Waals surface area contributed by atoms with Gasteiger partial charge in [-0.15, -0.1) is 0 Å². The maximum atomic E-state index is 8.68. The van der Waals surface area contributed by atoms with Crippen LogP contribution < -0.4 is 4.74 Å². The fourth-order valence-corrected chi connectivity index (χ4v) is 1.87. The van der Waals surface area contributed by atoms with Crippen molar-refractivity contribution < 1.29 is 9.94 Å². The van der Waals surface area contributed by atoms with E-state index in [1.807, 2.05) is 24.3 Å². The molecule has 19 heavy (non-hydrogen) atoms. The van der Waals surface area contributed by atoms with Crippen LogP contribution in [0, 0.1) is 0 Å². The maximum absolute atomic E-state index is 8.68. The van der Waals surface area contributed by atoms with Crippen LogP contribution in [0.5, 0.6) is 5.75 Å². The van der Waals surface area contributed by atoms with Gasteiger partial charge in [0.25, 0.3) is 0 Å². The molecule has 0 aliphatic rings. The highest BCUT2D eigenvalue weighted by atomic mass is 16.5. The summed E-state index contributed by atoms with van der Waals surface area (Å²) >= 11 is 0. The highest BCUT2D eigenvalue weighted by Gasteiger charge is 2.01. The first-order chi connectivity index (χ1) is 9.21. The van der Waals surface area contributed by atoms with Gasteiger partial charge in [-0.05, 0) is 56.3 Å². The first kappa shape index (κ1) is 15.5. The third-order valence-corrected chi connectivity index (χ3v) is 3.20. The predicted octanol–water partition coefficient (Wildman–Crippen LogP) is 3.00. The third kappa shape index (κ3) is 5.30. The van der Waals surface area contributed by atoms with Gasteiger partial charge >= 0.3 is 0 Å². The maximum Gasteiger partial charge on any atom is 0.119 e. The van der Waals surface area contributed by atoms with Crippen LogP contribution in [0.2, 0.25) is 0 Å². The van der Waals surface area contributed by atoms with Gasteiger partial charge in [-0.2, -0.15) is 0 Å². The summed E-state index contributed by atoms with van der Waals surface area (Å²) in [5.41, 5.74) is 1.51. The molecule has 0 amide bonds. The zero-order valence-corrected chi connectivity index (χ0v) is 12.1. The van der Waals surface area contributed by atoms with Crippen molar-refractivity contribution >= 4 is 5.71 Å². The average Bonchev–Trinajstić information content (AvgIpc) is 2.47. The van der Waals surface area contributed by atoms with E-state index in [-0.39, 0.29) is 0 Å². The van der Waals surface area contributed by atoms with Crippen molar-refractivity contribution in [1.82, 2.24) is 4.90 Å². The molecule has 4 heteroatoms. The molecule has 0 unspecified atom stereocenters. The summed E-state index contributed by atoms with van der Waals surface area (Å²) in [6.07, 6.45) is 1.03. The third-order valence-electron chi connectivity index (χ3n) is 3.20. The van der Waals surface area contributed by atoms with Crippen molar-refractivity contribution in [2.75, 3.05) is 26.2 Å². The SMILES string of the molecule is CCN(CC)CCCOc1ccc(/C(C)=N\O)cc1. The van der Waals surface area contributed by atoms with Gasteiger partial charge in [0.2, 0.25) is 0 Å². The molecule has 106 valence electrons. The molecule has 0 saturated carbocycles. The van der Waals surface area contributed by atoms with E-state index >= 15 is 0 Å². The standard InChI is InChI=1S/C15H24N2O2/c1-4-17(5-2)11-6-12-19-15-9-7-14(8-10-15)13(3)16-18/h7-10,18H,4-6,11-12H2,1-3H3/b16-13-. The first-order valence-corrected chi connectivity index (χ1v) is 6.85. The number of nitrogens with zero attached hydrogens (tertiary/aromatic N) is 2. The van der Waals surface area contributed by atoms with Crippen molar-refractivity contribution in [3.8, 4) is 5.75 Å². The normalized spacial score (nSPS) is 11.9. The van der Waals surface area contributed by atoms with Gasteiger partial charge in [0.1, 0.15) is 5.75 Å². The van der Waals surface area contributed by atoms with Gasteiger partial charge in [0.05, 0.1) is 12.3 Å². The van der Waals surface area contributed by atoms with Crippen molar-refractivity contribution in [3.63, 3.8) is 0 Å². The lowest BCUT2D eigenvalue weighted by Crippen LogP contribution is -2.25. The number of ether oxygens (including phenoxy) is 1. The van der Waals surface area contributed by atoms with E-state index in [2.05, 4.69) is 23.9 Å². The van der Waals surface area contributed by atoms with Crippen molar-refractivity contribution in [1.29, 1.82) is 0 Å². The molecular formula is C15H24N2O2. The lowest BCUT2D eigenvalue weighted by Gasteiger charge is -2.17. The Morgan fingerprint density at radius 2 is 1.84 bits per heavy atom. The molecule has 1 aromatic carbocycles. The number of hydrogen-bond acceptors (Lipinski definition) is 4. The monoisotopic (exact) mass is 264 g/mol. The lowest BCUT2D eigenvalue weighted by molar-refractivity contribution is 0.249. The summed E-state index contributed by atoms with van der Waals surface area (Å²) in [4.78, 5) is 2.38. The van der Waals surface area contributed by atoms with E-state index in [0.717, 1.165) is 44.0 Å². The highest BCUT2D eigenvalue weighted by Crippen LogP contribution is 2.13. The number of oxime groups is 1. The highest BCUT2D eigenvalue weighted by molar-refractivity contribution is 5.98. The van der Waals surface area contributed by atoms with E-state index in [0.29, 0.717) is 5.71 Å². The Bertz CT molecular complexity index is 384. The minimum absolute atomic E-state index is 0.605. The molecular weight excluding hydrogens is 240 g/mol. The topological polar surface area (TPSA) is 45.1 Å². The molecule has 0 aliphatic heterocycles. The van der Waals surface area contributed by atoms with Gasteiger partial charge in [-0.1, -0.05) is 19.0 Å². The minimum atomic E-state index is 0.605. The van der Waals surface area contributed by atoms with Crippen LogP contribution in [0.4, 0.5) is 0 Å². The molecule has 1 rings (SSSR count). The molecule has 4 nitrogen and oxygen atoms in total. The van der Waals surface area contributed by atoms with Crippen LogP contribution in [-0.2, 0) is 0 Å². The molecule has 1 N–H and O–H groups in total. The van der Waals surface area contributed by atoms with Gasteiger partial charge in [-0.3, -0.25) is 0 Å². The summed E-state index contributed by atoms with van der Waals surface area (Å²) < 4.78 is 5.68. The molecule has 1 aromatic rings. The van der Waals surface area contributed by atoms with Crippen LogP contribution in [0.25, 0.3) is 0 Å². The van der Waals surface area contributed by atoms with Crippen LogP contribution in [0.15, 0.2) is 29.4 Å². The quantitative estimate of drug-likeness (QED) is 0.340. The van der Waals surface area contributed by atoms with E-state index < -0.39 is 0 Å². The van der Waals surface area contributed by atoms with Crippen LogP contribution in [0.3, 0.4) is 0 Å². The molecule has 0 spiro atoms. The lowest BCUT2D eigenvalue weighted by atomic mass is 10.1. The van der Waals surface area contributed by atoms with Gasteiger partial charge in [-0.25, -0.2) is 0 Å². The first-order valence-electron chi connectivity index (χ1n) is 6.85. The minimum Gasteiger partial charge on any atom is -0.494 e. The molecule has 0 fully saturated rings. The second-order valence-corrected chi connectivity index (χ2v) is 4.44. The smallest absolute Gasteiger partial charge is 0.119 e. The zero-order chi connectivity index (χ0) is 14.1. The average molecular weight is 264 g/mol. The Hall–Kier alpha value is -1.55. The van der Waals surface area contributed by atoms with Crippen LogP contribution >= 0.6 is 0 Å². The Morgan fingerprint density at radius 3 is 2.37 bits per heavy atom. The van der Waals surface area contributed by atoms with Gasteiger partial charge in [0.15, 0.2) is 0 Å². The van der Waals surface area contributed by atoms with Crippen LogP contribution in [0.1, 0.15) is 32.8 Å². The summed E-state index contributed by atoms with van der Waals surface area (Å²) in [7, 11) is 0. The van der Waals surface area contributed by atoms with E-state index in [9.17, 15) is 0 Å². The zero-order valence-electron chi connectivity index (χ0n) is 12.1. The summed E-state index contributed by atoms with van der Waals surface area (Å²) in [5.74, 6) is 0.856. The Labute approximate surface area is 115 Å². The predicted molar refractivity (Wildman–Crippen MR) is 78.3 cm³/mol. The Balaban J connectivity index is 2.34. The number of rotatable bonds is 8. The molecule has 0 aromatic heterocycles. The van der Waals surface area contributed by atoms with Crippen molar-refractivity contribution in [2.45, 2.75) is 27.2 Å². The van der Waals surface area contributed by atoms with Crippen LogP contribution in [-0.4, -0.2) is 42.1 Å². The van der Waals surface area contributed by atoms with Gasteiger partial charge in [0, 0.05) is 6.54 Å². The Morgan fingerprint density at radius 1 is 1.21 bits per heavy atom. The molecule has 0 saturated heterocycles.